The predicted molar refractivity (Wildman–Crippen MR) is 189 cm³/mol. The highest BCUT2D eigenvalue weighted by Crippen LogP contribution is 2.60. The Morgan fingerprint density at radius 1 is 0.342 bits per heavy atom. The zero-order valence-electron chi connectivity index (χ0n) is 21.0. The lowest BCUT2D eigenvalue weighted by atomic mass is 9.99. The number of rotatable bonds is 0. The maximum Gasteiger partial charge on any atom is 0.0660 e. The van der Waals surface area contributed by atoms with Crippen molar-refractivity contribution in [1.82, 2.24) is 0 Å². The number of benzene rings is 3. The summed E-state index contributed by atoms with van der Waals surface area (Å²) in [5.74, 6) is 4.94. The summed E-state index contributed by atoms with van der Waals surface area (Å²) in [4.78, 5) is 0. The topological polar surface area (TPSA) is 0 Å². The second-order valence-corrected chi connectivity index (χ2v) is 19.5. The van der Waals surface area contributed by atoms with Crippen molar-refractivity contribution in [2.45, 2.75) is 38.5 Å². The molecule has 0 unspecified atom stereocenters. The van der Waals surface area contributed by atoms with Crippen LogP contribution in [-0.4, -0.2) is 23.0 Å². The van der Waals surface area contributed by atoms with Gasteiger partial charge in [0.1, 0.15) is 0 Å². The first-order valence-electron chi connectivity index (χ1n) is 13.3. The molecule has 6 heterocycles. The summed E-state index contributed by atoms with van der Waals surface area (Å²) in [6, 6.07) is 18.4. The van der Waals surface area contributed by atoms with Crippen LogP contribution in [-0.2, 0) is 0 Å². The fourth-order valence-electron chi connectivity index (χ4n) is 5.09. The molecule has 6 aliphatic rings. The van der Waals surface area contributed by atoms with Gasteiger partial charge in [0.15, 0.2) is 0 Å². The molecule has 0 saturated heterocycles. The Kier molecular flexibility index (Phi) is 8.97. The third-order valence-corrected chi connectivity index (χ3v) is 18.3. The van der Waals surface area contributed by atoms with Crippen LogP contribution in [0.15, 0.2) is 65.5 Å². The number of fused-ring (bicyclic) bond motifs is 12. The summed E-state index contributed by atoms with van der Waals surface area (Å²) >= 11 is 16.7. The summed E-state index contributed by atoms with van der Waals surface area (Å²) in [5.41, 5.74) is 0. The van der Waals surface area contributed by atoms with Crippen LogP contribution < -0.4 is 10.4 Å². The average molecular weight is 645 g/mol. The highest BCUT2D eigenvalue weighted by molar-refractivity contribution is 8.46. The smallest absolute Gasteiger partial charge is 0.0660 e. The third kappa shape index (κ3) is 5.51. The van der Waals surface area contributed by atoms with E-state index >= 15 is 0 Å². The van der Waals surface area contributed by atoms with E-state index in [9.17, 15) is 0 Å². The van der Waals surface area contributed by atoms with Gasteiger partial charge < -0.3 is 0 Å². The number of hydrogen-bond acceptors (Lipinski definition) is 8. The summed E-state index contributed by atoms with van der Waals surface area (Å²) in [5, 5.41) is 8.52. The van der Waals surface area contributed by atoms with Gasteiger partial charge >= 0.3 is 0 Å². The van der Waals surface area contributed by atoms with Gasteiger partial charge in [0.05, 0.1) is 25.4 Å². The van der Waals surface area contributed by atoms with Crippen molar-refractivity contribution in [3.63, 3.8) is 0 Å². The van der Waals surface area contributed by atoms with E-state index in [0.29, 0.717) is 0 Å². The van der Waals surface area contributed by atoms with Crippen molar-refractivity contribution in [3.05, 3.63) is 75.9 Å². The summed E-state index contributed by atoms with van der Waals surface area (Å²) in [6.07, 6.45) is 7.92. The van der Waals surface area contributed by atoms with Gasteiger partial charge in [-0.2, -0.15) is 0 Å². The largest absolute Gasteiger partial charge is 0.117 e. The minimum absolute atomic E-state index is 1.23. The van der Waals surface area contributed by atoms with Crippen LogP contribution in [0.2, 0.25) is 0 Å². The van der Waals surface area contributed by atoms with Crippen molar-refractivity contribution in [1.29, 1.82) is 0 Å². The molecule has 0 spiro atoms. The second-order valence-electron chi connectivity index (χ2n) is 9.49. The Labute approximate surface area is 259 Å². The SMILES string of the molecule is c1ccc2c3c4ccccc4c(c2c1)=C1SC2=C(SCCCCCSC4=C(SCCCCCS2)SC=3S4)S1. The average Bonchev–Trinajstić information content (AvgIpc) is 3.53. The highest BCUT2D eigenvalue weighted by Gasteiger charge is 2.27. The molecule has 0 aliphatic carbocycles. The molecule has 8 bridgehead atoms. The number of thioether (sulfide) groups is 8. The van der Waals surface area contributed by atoms with Gasteiger partial charge in [-0.15, -0.1) is 47.0 Å². The van der Waals surface area contributed by atoms with Crippen molar-refractivity contribution in [2.75, 3.05) is 23.0 Å². The molecule has 0 amide bonds. The van der Waals surface area contributed by atoms with Gasteiger partial charge in [-0.1, -0.05) is 108 Å². The lowest BCUT2D eigenvalue weighted by Gasteiger charge is -2.11. The van der Waals surface area contributed by atoms with Crippen LogP contribution in [0.4, 0.5) is 0 Å². The Bertz CT molecular complexity index is 1360. The molecular weight excluding hydrogens is 617 g/mol. The predicted octanol–water partition coefficient (Wildman–Crippen LogP) is 10.6. The van der Waals surface area contributed by atoms with Gasteiger partial charge in [-0.05, 0) is 70.2 Å². The molecule has 0 saturated carbocycles. The first kappa shape index (κ1) is 27.1. The summed E-state index contributed by atoms with van der Waals surface area (Å²) in [7, 11) is 0. The molecule has 0 atom stereocenters. The van der Waals surface area contributed by atoms with Crippen LogP contribution >= 0.6 is 94.1 Å². The molecule has 0 N–H and O–H groups in total. The maximum absolute atomic E-state index is 2.37. The molecule has 196 valence electrons. The molecule has 3 aromatic carbocycles. The van der Waals surface area contributed by atoms with E-state index < -0.39 is 0 Å². The van der Waals surface area contributed by atoms with E-state index in [1.54, 1.807) is 16.9 Å². The Balaban J connectivity index is 1.54. The maximum atomic E-state index is 2.37. The lowest BCUT2D eigenvalue weighted by Crippen LogP contribution is -2.16. The Morgan fingerprint density at radius 2 is 0.632 bits per heavy atom. The quantitative estimate of drug-likeness (QED) is 0.219. The van der Waals surface area contributed by atoms with Crippen LogP contribution in [0, 0.1) is 0 Å². The molecule has 0 nitrogen and oxygen atoms in total. The van der Waals surface area contributed by atoms with Gasteiger partial charge in [-0.3, -0.25) is 0 Å². The Hall–Kier alpha value is 0.200. The zero-order valence-corrected chi connectivity index (χ0v) is 27.5. The van der Waals surface area contributed by atoms with Gasteiger partial charge in [-0.25, -0.2) is 0 Å². The normalized spacial score (nSPS) is 21.6. The summed E-state index contributed by atoms with van der Waals surface area (Å²) in [6.45, 7) is 0. The molecule has 38 heavy (non-hydrogen) atoms. The van der Waals surface area contributed by atoms with Crippen molar-refractivity contribution >= 4 is 124 Å². The molecule has 0 radical (unpaired) electrons. The first-order chi connectivity index (χ1) is 18.9. The lowest BCUT2D eigenvalue weighted by molar-refractivity contribution is 0.786. The van der Waals surface area contributed by atoms with Crippen molar-refractivity contribution < 1.29 is 0 Å². The van der Waals surface area contributed by atoms with Gasteiger partial charge in [0.25, 0.3) is 0 Å². The number of hydrogen-bond donors (Lipinski definition) is 0. The minimum Gasteiger partial charge on any atom is -0.117 e. The fraction of sp³-hybridized carbons (Fsp3) is 0.333. The molecule has 3 aromatic rings. The standard InChI is InChI=1S/C30H28S8/c1-7-15-31-27-29-33-17-9-2-10-18-34-30-28(32-16-8-1)36-26(38-30)24-20-12-4-3-11-19(20)23(25(35-27)37-29)21-13-5-6-14-22(21)24/h3-6,11-14H,1-2,7-10,15-18H2. The van der Waals surface area contributed by atoms with Crippen molar-refractivity contribution in [2.24, 2.45) is 0 Å². The molecule has 9 rings (SSSR count). The monoisotopic (exact) mass is 644 g/mol. The van der Waals surface area contributed by atoms with Crippen LogP contribution in [0.5, 0.6) is 0 Å². The molecule has 0 fully saturated rings. The van der Waals surface area contributed by atoms with Crippen LogP contribution in [0.25, 0.3) is 30.0 Å². The Morgan fingerprint density at radius 3 is 0.921 bits per heavy atom. The second kappa shape index (κ2) is 12.6. The van der Waals surface area contributed by atoms with E-state index in [4.69, 9.17) is 0 Å². The fourth-order valence-corrected chi connectivity index (χ4v) is 17.3. The van der Waals surface area contributed by atoms with Crippen molar-refractivity contribution in [3.8, 4) is 0 Å². The van der Waals surface area contributed by atoms with E-state index in [-0.39, 0.29) is 0 Å². The van der Waals surface area contributed by atoms with Crippen LogP contribution in [0.1, 0.15) is 38.5 Å². The molecule has 6 aliphatic heterocycles. The van der Waals surface area contributed by atoms with Crippen LogP contribution in [0.3, 0.4) is 0 Å². The highest BCUT2D eigenvalue weighted by atomic mass is 32.3. The van der Waals surface area contributed by atoms with E-state index in [2.05, 4.69) is 143 Å². The molecular formula is C30H28S8. The molecule has 0 aromatic heterocycles. The zero-order chi connectivity index (χ0) is 25.3. The summed E-state index contributed by atoms with van der Waals surface area (Å²) < 4.78 is 9.16. The third-order valence-electron chi connectivity index (χ3n) is 6.92. The van der Waals surface area contributed by atoms with E-state index in [0.717, 1.165) is 0 Å². The van der Waals surface area contributed by atoms with E-state index in [1.807, 2.05) is 0 Å². The first-order valence-corrected chi connectivity index (χ1v) is 20.5. The van der Waals surface area contributed by atoms with E-state index in [1.165, 1.54) is 102 Å². The molecule has 8 heteroatoms. The van der Waals surface area contributed by atoms with Gasteiger partial charge in [0.2, 0.25) is 0 Å². The minimum atomic E-state index is 1.23. The van der Waals surface area contributed by atoms with Gasteiger partial charge in [0, 0.05) is 10.4 Å².